The van der Waals surface area contributed by atoms with Crippen molar-refractivity contribution in [2.24, 2.45) is 0 Å². The van der Waals surface area contributed by atoms with Gasteiger partial charge in [0.15, 0.2) is 11.6 Å². The molecule has 0 aliphatic rings. The second kappa shape index (κ2) is 6.29. The van der Waals surface area contributed by atoms with Gasteiger partial charge in [0.05, 0.1) is 6.10 Å². The Morgan fingerprint density at radius 2 is 1.76 bits per heavy atom. The molecular weight excluding hydrogens is 280 g/mol. The Labute approximate surface area is 120 Å². The molecule has 2 rings (SSSR count). The summed E-state index contributed by atoms with van der Waals surface area (Å²) in [7, 11) is 1.65. The van der Waals surface area contributed by atoms with Gasteiger partial charge in [-0.05, 0) is 26.0 Å². The molecular formula is C13H15F2N5O. The molecule has 0 aliphatic carbocycles. The normalized spacial score (nSPS) is 10.6. The van der Waals surface area contributed by atoms with Gasteiger partial charge in [-0.25, -0.2) is 8.78 Å². The van der Waals surface area contributed by atoms with Gasteiger partial charge in [-0.1, -0.05) is 0 Å². The van der Waals surface area contributed by atoms with Crippen molar-refractivity contribution in [2.45, 2.75) is 20.0 Å². The van der Waals surface area contributed by atoms with E-state index < -0.39 is 11.6 Å². The van der Waals surface area contributed by atoms with Crippen molar-refractivity contribution >= 4 is 17.6 Å². The topological polar surface area (TPSA) is 72.0 Å². The minimum atomic E-state index is -0.957. The van der Waals surface area contributed by atoms with Crippen molar-refractivity contribution in [3.05, 3.63) is 29.8 Å². The van der Waals surface area contributed by atoms with E-state index >= 15 is 0 Å². The van der Waals surface area contributed by atoms with E-state index in [4.69, 9.17) is 4.74 Å². The molecule has 0 atom stereocenters. The van der Waals surface area contributed by atoms with Crippen molar-refractivity contribution < 1.29 is 13.5 Å². The minimum absolute atomic E-state index is 0.103. The zero-order valence-electron chi connectivity index (χ0n) is 11.8. The van der Waals surface area contributed by atoms with E-state index in [1.165, 1.54) is 6.07 Å². The Kier molecular flexibility index (Phi) is 4.46. The van der Waals surface area contributed by atoms with Crippen LogP contribution in [0.2, 0.25) is 0 Å². The van der Waals surface area contributed by atoms with Crippen LogP contribution in [0.4, 0.5) is 26.4 Å². The van der Waals surface area contributed by atoms with Gasteiger partial charge in [0, 0.05) is 18.8 Å². The Morgan fingerprint density at radius 3 is 2.38 bits per heavy atom. The summed E-state index contributed by atoms with van der Waals surface area (Å²) in [4.78, 5) is 12.2. The minimum Gasteiger partial charge on any atom is -0.461 e. The predicted molar refractivity (Wildman–Crippen MR) is 74.8 cm³/mol. The first-order valence-electron chi connectivity index (χ1n) is 6.30. The second-order valence-electron chi connectivity index (χ2n) is 4.44. The van der Waals surface area contributed by atoms with Gasteiger partial charge in [0.2, 0.25) is 11.9 Å². The van der Waals surface area contributed by atoms with Crippen LogP contribution in [-0.4, -0.2) is 28.1 Å². The van der Waals surface area contributed by atoms with Gasteiger partial charge in [-0.3, -0.25) is 0 Å². The molecule has 21 heavy (non-hydrogen) atoms. The molecule has 2 N–H and O–H groups in total. The Morgan fingerprint density at radius 1 is 1.05 bits per heavy atom. The third-order valence-electron chi connectivity index (χ3n) is 2.36. The smallest absolute Gasteiger partial charge is 0.323 e. The van der Waals surface area contributed by atoms with Crippen molar-refractivity contribution in [2.75, 3.05) is 17.7 Å². The average molecular weight is 295 g/mol. The van der Waals surface area contributed by atoms with Crippen LogP contribution in [0.1, 0.15) is 13.8 Å². The summed E-state index contributed by atoms with van der Waals surface area (Å²) in [5, 5.41) is 5.54. The van der Waals surface area contributed by atoms with Gasteiger partial charge in [-0.2, -0.15) is 15.0 Å². The molecule has 0 saturated carbocycles. The summed E-state index contributed by atoms with van der Waals surface area (Å²) in [6.07, 6.45) is -0.103. The monoisotopic (exact) mass is 295 g/mol. The fourth-order valence-corrected chi connectivity index (χ4v) is 1.49. The zero-order chi connectivity index (χ0) is 15.4. The Hall–Kier alpha value is -2.51. The Balaban J connectivity index is 2.27. The highest BCUT2D eigenvalue weighted by molar-refractivity contribution is 5.54. The summed E-state index contributed by atoms with van der Waals surface area (Å²) < 4.78 is 31.5. The number of nitrogens with zero attached hydrogens (tertiary/aromatic N) is 3. The molecule has 8 heteroatoms. The number of rotatable bonds is 5. The highest BCUT2D eigenvalue weighted by Gasteiger charge is 2.09. The number of benzene rings is 1. The standard InChI is InChI=1S/C13H15F2N5O/c1-7(2)21-13-19-11(16-3)18-12(20-13)17-8-4-5-9(14)10(15)6-8/h4-7H,1-3H3,(H2,16,17,18,19,20). The molecule has 0 aliphatic heterocycles. The van der Waals surface area contributed by atoms with Crippen LogP contribution in [0.15, 0.2) is 18.2 Å². The molecule has 0 fully saturated rings. The molecule has 0 spiro atoms. The van der Waals surface area contributed by atoms with Gasteiger partial charge in [-0.15, -0.1) is 0 Å². The third-order valence-corrected chi connectivity index (χ3v) is 2.36. The first-order valence-corrected chi connectivity index (χ1v) is 6.30. The summed E-state index contributed by atoms with van der Waals surface area (Å²) in [5.74, 6) is -1.42. The summed E-state index contributed by atoms with van der Waals surface area (Å²) >= 11 is 0. The van der Waals surface area contributed by atoms with Crippen LogP contribution in [0, 0.1) is 11.6 Å². The van der Waals surface area contributed by atoms with E-state index in [1.807, 2.05) is 13.8 Å². The van der Waals surface area contributed by atoms with Gasteiger partial charge >= 0.3 is 6.01 Å². The van der Waals surface area contributed by atoms with E-state index in [1.54, 1.807) is 7.05 Å². The lowest BCUT2D eigenvalue weighted by molar-refractivity contribution is 0.222. The lowest BCUT2D eigenvalue weighted by Crippen LogP contribution is -2.12. The summed E-state index contributed by atoms with van der Waals surface area (Å²) in [6, 6.07) is 3.55. The fraction of sp³-hybridized carbons (Fsp3) is 0.308. The van der Waals surface area contributed by atoms with Crippen molar-refractivity contribution in [3.8, 4) is 6.01 Å². The molecule has 0 radical (unpaired) electrons. The summed E-state index contributed by atoms with van der Waals surface area (Å²) in [5.41, 5.74) is 0.317. The predicted octanol–water partition coefficient (Wildman–Crippen LogP) is 2.72. The molecule has 0 saturated heterocycles. The van der Waals surface area contributed by atoms with Gasteiger partial charge < -0.3 is 15.4 Å². The molecule has 112 valence electrons. The van der Waals surface area contributed by atoms with E-state index in [-0.39, 0.29) is 18.1 Å². The number of ether oxygens (including phenoxy) is 1. The van der Waals surface area contributed by atoms with E-state index in [9.17, 15) is 8.78 Å². The van der Waals surface area contributed by atoms with Crippen LogP contribution in [0.25, 0.3) is 0 Å². The number of aromatic nitrogens is 3. The van der Waals surface area contributed by atoms with Crippen molar-refractivity contribution in [1.82, 2.24) is 15.0 Å². The molecule has 2 aromatic rings. The first-order chi connectivity index (χ1) is 9.97. The fourth-order valence-electron chi connectivity index (χ4n) is 1.49. The van der Waals surface area contributed by atoms with Crippen LogP contribution in [0.5, 0.6) is 6.01 Å². The second-order valence-corrected chi connectivity index (χ2v) is 4.44. The number of anilines is 3. The van der Waals surface area contributed by atoms with Gasteiger partial charge in [0.1, 0.15) is 0 Å². The van der Waals surface area contributed by atoms with E-state index in [0.29, 0.717) is 11.6 Å². The number of hydrogen-bond donors (Lipinski definition) is 2. The average Bonchev–Trinajstić information content (AvgIpc) is 2.42. The summed E-state index contributed by atoms with van der Waals surface area (Å²) in [6.45, 7) is 3.68. The number of nitrogens with one attached hydrogen (secondary N) is 2. The lowest BCUT2D eigenvalue weighted by atomic mass is 10.3. The molecule has 1 aromatic heterocycles. The third kappa shape index (κ3) is 3.98. The number of halogens is 2. The largest absolute Gasteiger partial charge is 0.461 e. The lowest BCUT2D eigenvalue weighted by Gasteiger charge is -2.11. The first kappa shape index (κ1) is 14.9. The van der Waals surface area contributed by atoms with E-state index in [2.05, 4.69) is 25.6 Å². The Bertz CT molecular complexity index is 636. The quantitative estimate of drug-likeness (QED) is 0.883. The van der Waals surface area contributed by atoms with Crippen molar-refractivity contribution in [1.29, 1.82) is 0 Å². The van der Waals surface area contributed by atoms with E-state index in [0.717, 1.165) is 12.1 Å². The highest BCUT2D eigenvalue weighted by Crippen LogP contribution is 2.19. The molecule has 1 aromatic carbocycles. The SMILES string of the molecule is CNc1nc(Nc2ccc(F)c(F)c2)nc(OC(C)C)n1. The maximum absolute atomic E-state index is 13.2. The molecule has 0 unspecified atom stereocenters. The molecule has 1 heterocycles. The molecule has 0 bridgehead atoms. The van der Waals surface area contributed by atoms with Crippen LogP contribution >= 0.6 is 0 Å². The van der Waals surface area contributed by atoms with Crippen LogP contribution in [-0.2, 0) is 0 Å². The van der Waals surface area contributed by atoms with Gasteiger partial charge in [0.25, 0.3) is 0 Å². The zero-order valence-corrected chi connectivity index (χ0v) is 11.8. The maximum Gasteiger partial charge on any atom is 0.323 e. The highest BCUT2D eigenvalue weighted by atomic mass is 19.2. The molecule has 6 nitrogen and oxygen atoms in total. The van der Waals surface area contributed by atoms with Crippen LogP contribution < -0.4 is 15.4 Å². The molecule has 0 amide bonds. The maximum atomic E-state index is 13.2. The van der Waals surface area contributed by atoms with Crippen molar-refractivity contribution in [3.63, 3.8) is 0 Å². The number of hydrogen-bond acceptors (Lipinski definition) is 6. The van der Waals surface area contributed by atoms with Crippen LogP contribution in [0.3, 0.4) is 0 Å².